The summed E-state index contributed by atoms with van der Waals surface area (Å²) in [5.74, 6) is 0.422. The maximum absolute atomic E-state index is 13.7. The molecule has 0 unspecified atom stereocenters. The second-order valence-corrected chi connectivity index (χ2v) is 6.83. The van der Waals surface area contributed by atoms with E-state index in [9.17, 15) is 4.39 Å². The topological polar surface area (TPSA) is 54.2 Å². The SMILES string of the molecule is Cc1cc(F)c(N)cc1C1=Cc2cnc(Nc3ccccc3)cc2N(C)C1. The molecule has 1 aliphatic heterocycles. The smallest absolute Gasteiger partial charge is 0.146 e. The highest BCUT2D eigenvalue weighted by Crippen LogP contribution is 2.35. The maximum Gasteiger partial charge on any atom is 0.146 e. The lowest BCUT2D eigenvalue weighted by molar-refractivity contribution is 0.631. The number of hydrogen-bond donors (Lipinski definition) is 2. The Morgan fingerprint density at radius 1 is 1.15 bits per heavy atom. The molecule has 1 aromatic heterocycles. The zero-order valence-corrected chi connectivity index (χ0v) is 15.3. The van der Waals surface area contributed by atoms with E-state index in [0.29, 0.717) is 6.54 Å². The molecule has 2 heterocycles. The third kappa shape index (κ3) is 3.36. The molecule has 5 heteroatoms. The van der Waals surface area contributed by atoms with Gasteiger partial charge < -0.3 is 16.0 Å². The molecule has 0 fully saturated rings. The Kier molecular flexibility index (Phi) is 4.28. The minimum atomic E-state index is -0.375. The van der Waals surface area contributed by atoms with Crippen LogP contribution in [0.15, 0.2) is 54.7 Å². The van der Waals surface area contributed by atoms with Crippen LogP contribution in [0.4, 0.5) is 27.3 Å². The van der Waals surface area contributed by atoms with Gasteiger partial charge in [0, 0.05) is 42.8 Å². The van der Waals surface area contributed by atoms with Gasteiger partial charge in [-0.25, -0.2) is 9.37 Å². The van der Waals surface area contributed by atoms with E-state index in [1.807, 2.05) is 56.6 Å². The molecule has 0 spiro atoms. The van der Waals surface area contributed by atoms with E-state index >= 15 is 0 Å². The molecule has 0 aliphatic carbocycles. The molecule has 0 atom stereocenters. The number of rotatable bonds is 3. The lowest BCUT2D eigenvalue weighted by atomic mass is 9.94. The summed E-state index contributed by atoms with van der Waals surface area (Å²) in [4.78, 5) is 6.71. The first-order valence-electron chi connectivity index (χ1n) is 8.81. The summed E-state index contributed by atoms with van der Waals surface area (Å²) >= 11 is 0. The van der Waals surface area contributed by atoms with Crippen LogP contribution in [0.25, 0.3) is 11.6 Å². The minimum absolute atomic E-state index is 0.172. The number of anilines is 4. The number of nitrogens with two attached hydrogens (primary N) is 1. The quantitative estimate of drug-likeness (QED) is 0.656. The number of aromatic nitrogens is 1. The lowest BCUT2D eigenvalue weighted by Gasteiger charge is -2.29. The molecule has 3 N–H and O–H groups in total. The molecule has 27 heavy (non-hydrogen) atoms. The summed E-state index contributed by atoms with van der Waals surface area (Å²) in [5.41, 5.74) is 12.0. The molecular formula is C22H21FN4. The highest BCUT2D eigenvalue weighted by Gasteiger charge is 2.19. The van der Waals surface area contributed by atoms with E-state index < -0.39 is 0 Å². The fourth-order valence-electron chi connectivity index (χ4n) is 3.41. The number of pyridine rings is 1. The second kappa shape index (κ2) is 6.76. The van der Waals surface area contributed by atoms with Gasteiger partial charge in [0.1, 0.15) is 11.6 Å². The van der Waals surface area contributed by atoms with E-state index in [1.54, 1.807) is 6.07 Å². The number of nitrogens with one attached hydrogen (secondary N) is 1. The first-order valence-corrected chi connectivity index (χ1v) is 8.81. The molecule has 0 saturated carbocycles. The Balaban J connectivity index is 1.69. The Hall–Kier alpha value is -3.34. The molecule has 0 bridgehead atoms. The van der Waals surface area contributed by atoms with Crippen LogP contribution in [-0.2, 0) is 0 Å². The average molecular weight is 360 g/mol. The number of fused-ring (bicyclic) bond motifs is 1. The van der Waals surface area contributed by atoms with Crippen LogP contribution in [0.5, 0.6) is 0 Å². The summed E-state index contributed by atoms with van der Waals surface area (Å²) < 4.78 is 13.7. The van der Waals surface area contributed by atoms with Crippen molar-refractivity contribution in [3.8, 4) is 0 Å². The van der Waals surface area contributed by atoms with E-state index in [0.717, 1.165) is 39.5 Å². The molecule has 1 aliphatic rings. The number of hydrogen-bond acceptors (Lipinski definition) is 4. The molecule has 4 nitrogen and oxygen atoms in total. The number of para-hydroxylation sites is 1. The van der Waals surface area contributed by atoms with Crippen LogP contribution >= 0.6 is 0 Å². The zero-order valence-electron chi connectivity index (χ0n) is 15.3. The van der Waals surface area contributed by atoms with Crippen molar-refractivity contribution in [1.82, 2.24) is 4.98 Å². The van der Waals surface area contributed by atoms with Crippen molar-refractivity contribution in [2.45, 2.75) is 6.92 Å². The Morgan fingerprint density at radius 3 is 2.70 bits per heavy atom. The van der Waals surface area contributed by atoms with Gasteiger partial charge in [0.25, 0.3) is 0 Å². The summed E-state index contributed by atoms with van der Waals surface area (Å²) in [5, 5.41) is 3.32. The molecule has 136 valence electrons. The van der Waals surface area contributed by atoms with Crippen molar-refractivity contribution in [2.75, 3.05) is 29.5 Å². The van der Waals surface area contributed by atoms with E-state index in [-0.39, 0.29) is 11.5 Å². The van der Waals surface area contributed by atoms with Gasteiger partial charge in [0.15, 0.2) is 0 Å². The van der Waals surface area contributed by atoms with E-state index in [2.05, 4.69) is 21.3 Å². The van der Waals surface area contributed by atoms with Crippen LogP contribution in [0.3, 0.4) is 0 Å². The standard InChI is InChI=1S/C22H21FN4/c1-14-8-19(23)20(24)10-18(14)16-9-15-12-25-22(11-21(15)27(2)13-16)26-17-6-4-3-5-7-17/h3-12H,13,24H2,1-2H3,(H,25,26). The van der Waals surface area contributed by atoms with Crippen LogP contribution in [0.2, 0.25) is 0 Å². The van der Waals surface area contributed by atoms with Crippen LogP contribution in [-0.4, -0.2) is 18.6 Å². The fraction of sp³-hybridized carbons (Fsp3) is 0.136. The molecular weight excluding hydrogens is 339 g/mol. The number of nitrogens with zero attached hydrogens (tertiary/aromatic N) is 2. The van der Waals surface area contributed by atoms with E-state index in [4.69, 9.17) is 5.73 Å². The monoisotopic (exact) mass is 360 g/mol. The number of aryl methyl sites for hydroxylation is 1. The van der Waals surface area contributed by atoms with Crippen molar-refractivity contribution < 1.29 is 4.39 Å². The largest absolute Gasteiger partial charge is 0.396 e. The highest BCUT2D eigenvalue weighted by molar-refractivity contribution is 5.92. The Labute approximate surface area is 158 Å². The third-order valence-corrected chi connectivity index (χ3v) is 4.80. The molecule has 4 rings (SSSR count). The van der Waals surface area contributed by atoms with Gasteiger partial charge in [-0.05, 0) is 54.0 Å². The van der Waals surface area contributed by atoms with Gasteiger partial charge in [-0.15, -0.1) is 0 Å². The Morgan fingerprint density at radius 2 is 1.93 bits per heavy atom. The zero-order chi connectivity index (χ0) is 19.0. The van der Waals surface area contributed by atoms with E-state index in [1.165, 1.54) is 6.07 Å². The molecule has 3 aromatic rings. The summed E-state index contributed by atoms with van der Waals surface area (Å²) in [6, 6.07) is 15.2. The van der Waals surface area contributed by atoms with Crippen LogP contribution < -0.4 is 16.0 Å². The van der Waals surface area contributed by atoms with Crippen molar-refractivity contribution in [3.05, 3.63) is 77.2 Å². The predicted octanol–water partition coefficient (Wildman–Crippen LogP) is 4.85. The van der Waals surface area contributed by atoms with Crippen molar-refractivity contribution >= 4 is 34.5 Å². The molecule has 0 saturated heterocycles. The van der Waals surface area contributed by atoms with Crippen molar-refractivity contribution in [3.63, 3.8) is 0 Å². The van der Waals surface area contributed by atoms with Crippen molar-refractivity contribution in [2.24, 2.45) is 0 Å². The number of nitrogen functional groups attached to an aromatic ring is 1. The predicted molar refractivity (Wildman–Crippen MR) is 111 cm³/mol. The minimum Gasteiger partial charge on any atom is -0.396 e. The second-order valence-electron chi connectivity index (χ2n) is 6.83. The number of likely N-dealkylation sites (N-methyl/N-ethyl adjacent to an activating group) is 1. The third-order valence-electron chi connectivity index (χ3n) is 4.80. The van der Waals surface area contributed by atoms with Gasteiger partial charge in [-0.1, -0.05) is 18.2 Å². The summed E-state index contributed by atoms with van der Waals surface area (Å²) in [7, 11) is 2.04. The van der Waals surface area contributed by atoms with Crippen LogP contribution in [0, 0.1) is 12.7 Å². The molecule has 2 aromatic carbocycles. The first-order chi connectivity index (χ1) is 13.0. The molecule has 0 amide bonds. The average Bonchev–Trinajstić information content (AvgIpc) is 2.66. The van der Waals surface area contributed by atoms with Gasteiger partial charge in [0.2, 0.25) is 0 Å². The highest BCUT2D eigenvalue weighted by atomic mass is 19.1. The first kappa shape index (κ1) is 17.1. The Bertz CT molecular complexity index is 1030. The number of benzene rings is 2. The summed E-state index contributed by atoms with van der Waals surface area (Å²) in [6.45, 7) is 2.62. The summed E-state index contributed by atoms with van der Waals surface area (Å²) in [6.07, 6.45) is 3.97. The van der Waals surface area contributed by atoms with Crippen LogP contribution in [0.1, 0.15) is 16.7 Å². The lowest BCUT2D eigenvalue weighted by Crippen LogP contribution is -2.24. The molecule has 0 radical (unpaired) electrons. The normalized spacial score (nSPS) is 13.1. The van der Waals surface area contributed by atoms with Crippen molar-refractivity contribution in [1.29, 1.82) is 0 Å². The van der Waals surface area contributed by atoms with Gasteiger partial charge >= 0.3 is 0 Å². The fourth-order valence-corrected chi connectivity index (χ4v) is 3.41. The number of halogens is 1. The van der Waals surface area contributed by atoms with Gasteiger partial charge in [-0.2, -0.15) is 0 Å². The van der Waals surface area contributed by atoms with Gasteiger partial charge in [-0.3, -0.25) is 0 Å². The van der Waals surface area contributed by atoms with Gasteiger partial charge in [0.05, 0.1) is 5.69 Å². The maximum atomic E-state index is 13.7.